The third kappa shape index (κ3) is 3.93. The van der Waals surface area contributed by atoms with Crippen LogP contribution in [-0.4, -0.2) is 0 Å². The average Bonchev–Trinajstić information content (AvgIpc) is 3.04. The minimum Gasteiger partial charge on any atom is -0.461 e. The maximum absolute atomic E-state index is 9.49. The van der Waals surface area contributed by atoms with E-state index in [0.29, 0.717) is 5.56 Å². The van der Waals surface area contributed by atoms with Gasteiger partial charge in [-0.05, 0) is 71.7 Å². The van der Waals surface area contributed by atoms with Gasteiger partial charge in [0.1, 0.15) is 11.5 Å². The van der Waals surface area contributed by atoms with Gasteiger partial charge in [0, 0.05) is 23.5 Å². The van der Waals surface area contributed by atoms with Crippen molar-refractivity contribution in [2.75, 3.05) is 0 Å². The molecule has 2 atom stereocenters. The number of hydrogen-bond donors (Lipinski definition) is 0. The van der Waals surface area contributed by atoms with Crippen molar-refractivity contribution >= 4 is 0 Å². The topological polar surface area (TPSA) is 33.0 Å². The quantitative estimate of drug-likeness (QED) is 0.346. The largest absolute Gasteiger partial charge is 0.461 e. The van der Waals surface area contributed by atoms with Crippen LogP contribution in [0.4, 0.5) is 0 Å². The lowest BCUT2D eigenvalue weighted by molar-refractivity contribution is 0.359. The molecule has 1 aliphatic heterocycles. The first kappa shape index (κ1) is 24.4. The summed E-state index contributed by atoms with van der Waals surface area (Å²) in [6.07, 6.45) is 20.9. The van der Waals surface area contributed by atoms with Crippen LogP contribution in [0.15, 0.2) is 149 Å². The lowest BCUT2D eigenvalue weighted by atomic mass is 9.59. The molecule has 4 aliphatic rings. The van der Waals surface area contributed by atoms with Crippen LogP contribution < -0.4 is 4.74 Å². The standard InChI is InChI=1S/C38H31NO/c39-26-27-12-10-13-28(24-27)29-14-11-15-30(25-29)32-18-4-5-19-33(32)38(31-16-2-1-3-17-31)34-20-6-8-22-36(34)40-37-23-9-7-21-35(37)38/h1-4,6-8,10-18,20-22,24,29H,5,9,19,23,25H2. The molecule has 1 heterocycles. The predicted molar refractivity (Wildman–Crippen MR) is 161 cm³/mol. The number of fused-ring (bicyclic) bond motifs is 1. The summed E-state index contributed by atoms with van der Waals surface area (Å²) in [5.74, 6) is 2.29. The monoisotopic (exact) mass is 517 g/mol. The Hall–Kier alpha value is -4.61. The fourth-order valence-corrected chi connectivity index (χ4v) is 7.03. The van der Waals surface area contributed by atoms with Gasteiger partial charge < -0.3 is 4.74 Å². The molecule has 0 saturated heterocycles. The van der Waals surface area contributed by atoms with E-state index in [0.717, 1.165) is 43.6 Å². The fourth-order valence-electron chi connectivity index (χ4n) is 7.03. The third-order valence-corrected chi connectivity index (χ3v) is 8.75. The molecule has 3 aliphatic carbocycles. The minimum absolute atomic E-state index is 0.233. The first-order chi connectivity index (χ1) is 19.8. The second kappa shape index (κ2) is 10.2. The van der Waals surface area contributed by atoms with Crippen molar-refractivity contribution in [3.05, 3.63) is 172 Å². The molecule has 7 rings (SSSR count). The Morgan fingerprint density at radius 1 is 0.850 bits per heavy atom. The molecule has 3 aromatic carbocycles. The Bertz CT molecular complexity index is 1710. The zero-order valence-corrected chi connectivity index (χ0v) is 22.5. The Morgan fingerprint density at radius 3 is 2.58 bits per heavy atom. The summed E-state index contributed by atoms with van der Waals surface area (Å²) < 4.78 is 6.62. The Kier molecular flexibility index (Phi) is 6.21. The van der Waals surface area contributed by atoms with Gasteiger partial charge in [0.2, 0.25) is 0 Å². The van der Waals surface area contributed by atoms with Crippen LogP contribution in [0.1, 0.15) is 60.3 Å². The van der Waals surface area contributed by atoms with Crippen molar-refractivity contribution in [2.24, 2.45) is 0 Å². The van der Waals surface area contributed by atoms with Crippen LogP contribution in [0.2, 0.25) is 0 Å². The van der Waals surface area contributed by atoms with Gasteiger partial charge >= 0.3 is 0 Å². The van der Waals surface area contributed by atoms with Crippen molar-refractivity contribution < 1.29 is 4.74 Å². The zero-order valence-electron chi connectivity index (χ0n) is 22.5. The highest BCUT2D eigenvalue weighted by Crippen LogP contribution is 2.57. The molecule has 194 valence electrons. The molecule has 2 unspecified atom stereocenters. The normalized spacial score (nSPS) is 23.2. The van der Waals surface area contributed by atoms with E-state index in [4.69, 9.17) is 4.74 Å². The number of nitriles is 1. The Morgan fingerprint density at radius 2 is 1.68 bits per heavy atom. The van der Waals surface area contributed by atoms with Crippen LogP contribution in [-0.2, 0) is 5.41 Å². The molecule has 0 saturated carbocycles. The maximum atomic E-state index is 9.49. The van der Waals surface area contributed by atoms with E-state index in [1.165, 1.54) is 39.0 Å². The van der Waals surface area contributed by atoms with Crippen molar-refractivity contribution in [3.63, 3.8) is 0 Å². The number of allylic oxidation sites excluding steroid dienone is 12. The first-order valence-corrected chi connectivity index (χ1v) is 14.3. The summed E-state index contributed by atoms with van der Waals surface area (Å²) in [5.41, 5.74) is 9.39. The van der Waals surface area contributed by atoms with Gasteiger partial charge in [0.05, 0.1) is 17.0 Å². The Labute approximate surface area is 236 Å². The highest BCUT2D eigenvalue weighted by Gasteiger charge is 2.48. The molecular formula is C38H31NO. The van der Waals surface area contributed by atoms with E-state index in [9.17, 15) is 5.26 Å². The molecule has 2 heteroatoms. The Balaban J connectivity index is 1.46. The molecule has 0 fully saturated rings. The van der Waals surface area contributed by atoms with Gasteiger partial charge in [0.25, 0.3) is 0 Å². The van der Waals surface area contributed by atoms with Crippen LogP contribution in [0.5, 0.6) is 5.75 Å². The molecule has 2 nitrogen and oxygen atoms in total. The van der Waals surface area contributed by atoms with Crippen molar-refractivity contribution in [2.45, 2.75) is 43.4 Å². The molecule has 0 bridgehead atoms. The fraction of sp³-hybridized carbons (Fsp3) is 0.184. The summed E-state index contributed by atoms with van der Waals surface area (Å²) in [6.45, 7) is 0. The van der Waals surface area contributed by atoms with Crippen LogP contribution in [0, 0.1) is 11.3 Å². The molecule has 3 aromatic rings. The number of para-hydroxylation sites is 1. The highest BCUT2D eigenvalue weighted by molar-refractivity contribution is 5.70. The number of benzene rings is 3. The molecule has 0 spiro atoms. The van der Waals surface area contributed by atoms with Gasteiger partial charge in [-0.1, -0.05) is 103 Å². The van der Waals surface area contributed by atoms with Gasteiger partial charge in [0.15, 0.2) is 0 Å². The van der Waals surface area contributed by atoms with Crippen LogP contribution >= 0.6 is 0 Å². The SMILES string of the molecule is N#Cc1cccc(C2C=CC=C(C3=C(C4(c5ccccc5)C5=C(CCC=C5)Oc5ccccc54)CCC=C3)C2)c1. The molecule has 0 amide bonds. The summed E-state index contributed by atoms with van der Waals surface area (Å²) in [4.78, 5) is 0. The van der Waals surface area contributed by atoms with Gasteiger partial charge in [-0.15, -0.1) is 0 Å². The number of ether oxygens (including phenoxy) is 1. The molecule has 0 aromatic heterocycles. The maximum Gasteiger partial charge on any atom is 0.131 e. The summed E-state index contributed by atoms with van der Waals surface area (Å²) in [5, 5.41) is 9.49. The lowest BCUT2D eigenvalue weighted by Crippen LogP contribution is -2.38. The predicted octanol–water partition coefficient (Wildman–Crippen LogP) is 9.16. The van der Waals surface area contributed by atoms with Gasteiger partial charge in [-0.3, -0.25) is 0 Å². The van der Waals surface area contributed by atoms with Crippen molar-refractivity contribution in [1.82, 2.24) is 0 Å². The van der Waals surface area contributed by atoms with E-state index < -0.39 is 5.41 Å². The molecule has 0 radical (unpaired) electrons. The number of nitrogens with zero attached hydrogens (tertiary/aromatic N) is 1. The highest BCUT2D eigenvalue weighted by atomic mass is 16.5. The van der Waals surface area contributed by atoms with Crippen molar-refractivity contribution in [3.8, 4) is 11.8 Å². The molecule has 0 N–H and O–H groups in total. The van der Waals surface area contributed by atoms with E-state index in [2.05, 4.69) is 109 Å². The van der Waals surface area contributed by atoms with Gasteiger partial charge in [-0.2, -0.15) is 5.26 Å². The van der Waals surface area contributed by atoms with E-state index in [1.54, 1.807) is 0 Å². The lowest BCUT2D eigenvalue weighted by Gasteiger charge is -2.46. The molecular weight excluding hydrogens is 486 g/mol. The van der Waals surface area contributed by atoms with Crippen molar-refractivity contribution in [1.29, 1.82) is 5.26 Å². The summed E-state index contributed by atoms with van der Waals surface area (Å²) >= 11 is 0. The van der Waals surface area contributed by atoms with E-state index in [1.807, 2.05) is 18.2 Å². The van der Waals surface area contributed by atoms with E-state index >= 15 is 0 Å². The third-order valence-electron chi connectivity index (χ3n) is 8.75. The average molecular weight is 518 g/mol. The van der Waals surface area contributed by atoms with Crippen LogP contribution in [0.3, 0.4) is 0 Å². The van der Waals surface area contributed by atoms with E-state index in [-0.39, 0.29) is 5.92 Å². The smallest absolute Gasteiger partial charge is 0.131 e. The molecule has 40 heavy (non-hydrogen) atoms. The second-order valence-corrected chi connectivity index (χ2v) is 11.0. The zero-order chi connectivity index (χ0) is 26.9. The minimum atomic E-state index is -0.430. The summed E-state index contributed by atoms with van der Waals surface area (Å²) in [7, 11) is 0. The van der Waals surface area contributed by atoms with Crippen LogP contribution in [0.25, 0.3) is 0 Å². The second-order valence-electron chi connectivity index (χ2n) is 11.0. The summed E-state index contributed by atoms with van der Waals surface area (Å²) in [6, 6.07) is 30.0. The first-order valence-electron chi connectivity index (χ1n) is 14.3. The number of rotatable bonds is 4. The van der Waals surface area contributed by atoms with Gasteiger partial charge in [-0.25, -0.2) is 0 Å². The number of hydrogen-bond acceptors (Lipinski definition) is 2.